The van der Waals surface area contributed by atoms with E-state index in [9.17, 15) is 5.11 Å². The average Bonchev–Trinajstić information content (AvgIpc) is 3.34. The molecule has 0 radical (unpaired) electrons. The molecule has 0 fully saturated rings. The van der Waals surface area contributed by atoms with Crippen LogP contribution < -0.4 is 14.4 Å². The van der Waals surface area contributed by atoms with Crippen molar-refractivity contribution < 1.29 is 14.6 Å². The van der Waals surface area contributed by atoms with Crippen molar-refractivity contribution in [2.24, 2.45) is 0 Å². The predicted molar refractivity (Wildman–Crippen MR) is 126 cm³/mol. The molecule has 1 aromatic heterocycles. The molecular weight excluding hydrogens is 434 g/mol. The summed E-state index contributed by atoms with van der Waals surface area (Å²) in [5, 5.41) is 22.4. The van der Waals surface area contributed by atoms with Crippen LogP contribution in [0.5, 0.6) is 11.5 Å². The first kappa shape index (κ1) is 21.2. The molecule has 2 aromatic carbocycles. The standard InChI is InChI=1S/C23H22ClN3O3S/c1-12-5-6-14(7-13(12)2)16-11-31-23(26-16)21-18(28)10-27(22(21)25)17-9-19(29-3)15(24)8-20(17)30-4/h5-9,11,25,28H,10H2,1-4H3. The fourth-order valence-corrected chi connectivity index (χ4v) is 4.61. The van der Waals surface area contributed by atoms with Crippen molar-refractivity contribution in [2.75, 3.05) is 25.7 Å². The number of halogens is 1. The maximum absolute atomic E-state index is 10.7. The lowest BCUT2D eigenvalue weighted by atomic mass is 10.1. The number of ether oxygens (including phenoxy) is 2. The molecule has 1 aliphatic heterocycles. The maximum Gasteiger partial charge on any atom is 0.144 e. The largest absolute Gasteiger partial charge is 0.510 e. The minimum atomic E-state index is 0.0851. The van der Waals surface area contributed by atoms with Crippen molar-refractivity contribution >= 4 is 40.0 Å². The van der Waals surface area contributed by atoms with Crippen LogP contribution >= 0.6 is 22.9 Å². The van der Waals surface area contributed by atoms with E-state index in [1.54, 1.807) is 17.0 Å². The number of nitrogens with zero attached hydrogens (tertiary/aromatic N) is 2. The van der Waals surface area contributed by atoms with E-state index in [-0.39, 0.29) is 18.1 Å². The number of rotatable bonds is 5. The quantitative estimate of drug-likeness (QED) is 0.503. The second-order valence-electron chi connectivity index (χ2n) is 7.25. The van der Waals surface area contributed by atoms with Crippen molar-refractivity contribution in [1.29, 1.82) is 5.41 Å². The molecule has 0 unspecified atom stereocenters. The number of anilines is 1. The van der Waals surface area contributed by atoms with Gasteiger partial charge in [0.2, 0.25) is 0 Å². The molecule has 0 atom stereocenters. The monoisotopic (exact) mass is 455 g/mol. The van der Waals surface area contributed by atoms with Crippen molar-refractivity contribution in [3.05, 3.63) is 62.6 Å². The van der Waals surface area contributed by atoms with Crippen molar-refractivity contribution in [3.8, 4) is 22.8 Å². The third-order valence-corrected chi connectivity index (χ3v) is 6.52. The lowest BCUT2D eigenvalue weighted by molar-refractivity contribution is 0.400. The molecule has 160 valence electrons. The average molecular weight is 456 g/mol. The Bertz CT molecular complexity index is 1220. The van der Waals surface area contributed by atoms with Gasteiger partial charge in [-0.25, -0.2) is 4.98 Å². The summed E-state index contributed by atoms with van der Waals surface area (Å²) in [6.07, 6.45) is 0. The second-order valence-corrected chi connectivity index (χ2v) is 8.52. The van der Waals surface area contributed by atoms with Gasteiger partial charge < -0.3 is 19.5 Å². The molecule has 2 heterocycles. The molecule has 0 bridgehead atoms. The summed E-state index contributed by atoms with van der Waals surface area (Å²) in [5.41, 5.74) is 5.24. The SMILES string of the molecule is COc1cc(N2CC(O)=C(c3nc(-c4ccc(C)c(C)c4)cs3)C2=N)c(OC)cc1Cl. The maximum atomic E-state index is 10.7. The fraction of sp³-hybridized carbons (Fsp3) is 0.217. The van der Waals surface area contributed by atoms with Crippen LogP contribution in [0.4, 0.5) is 5.69 Å². The molecule has 3 aromatic rings. The summed E-state index contributed by atoms with van der Waals surface area (Å²) in [4.78, 5) is 6.36. The number of methoxy groups -OCH3 is 2. The van der Waals surface area contributed by atoms with Crippen LogP contribution in [-0.2, 0) is 0 Å². The van der Waals surface area contributed by atoms with Gasteiger partial charge in [0.1, 0.15) is 28.1 Å². The number of benzene rings is 2. The van der Waals surface area contributed by atoms with Crippen molar-refractivity contribution in [1.82, 2.24) is 4.98 Å². The van der Waals surface area contributed by atoms with E-state index in [0.717, 1.165) is 11.3 Å². The van der Waals surface area contributed by atoms with E-state index in [1.165, 1.54) is 36.7 Å². The topological polar surface area (TPSA) is 78.7 Å². The van der Waals surface area contributed by atoms with Gasteiger partial charge in [-0.3, -0.25) is 5.41 Å². The number of aryl methyl sites for hydroxylation is 2. The number of thiazole rings is 1. The van der Waals surface area contributed by atoms with Crippen LogP contribution in [0.15, 0.2) is 41.5 Å². The Balaban J connectivity index is 1.68. The predicted octanol–water partition coefficient (Wildman–Crippen LogP) is 5.86. The first-order valence-corrected chi connectivity index (χ1v) is 10.8. The van der Waals surface area contributed by atoms with Gasteiger partial charge in [0.15, 0.2) is 0 Å². The van der Waals surface area contributed by atoms with Gasteiger partial charge in [-0.15, -0.1) is 11.3 Å². The molecule has 0 aliphatic carbocycles. The highest BCUT2D eigenvalue weighted by molar-refractivity contribution is 7.11. The molecule has 1 aliphatic rings. The number of amidine groups is 1. The van der Waals surface area contributed by atoms with Gasteiger partial charge in [-0.05, 0) is 31.0 Å². The van der Waals surface area contributed by atoms with Crippen LogP contribution in [0, 0.1) is 19.3 Å². The zero-order valence-electron chi connectivity index (χ0n) is 17.6. The van der Waals surface area contributed by atoms with Gasteiger partial charge in [0, 0.05) is 23.1 Å². The molecule has 8 heteroatoms. The summed E-state index contributed by atoms with van der Waals surface area (Å²) in [5.74, 6) is 1.17. The Morgan fingerprint density at radius 3 is 2.52 bits per heavy atom. The third kappa shape index (κ3) is 3.75. The van der Waals surface area contributed by atoms with E-state index in [0.29, 0.717) is 32.8 Å². The highest BCUT2D eigenvalue weighted by Crippen LogP contribution is 2.42. The highest BCUT2D eigenvalue weighted by atomic mass is 35.5. The lowest BCUT2D eigenvalue weighted by Crippen LogP contribution is -2.26. The molecule has 0 saturated heterocycles. The van der Waals surface area contributed by atoms with Crippen LogP contribution in [0.2, 0.25) is 5.02 Å². The van der Waals surface area contributed by atoms with E-state index >= 15 is 0 Å². The molecule has 31 heavy (non-hydrogen) atoms. The molecule has 0 amide bonds. The van der Waals surface area contributed by atoms with E-state index in [1.807, 2.05) is 11.4 Å². The molecule has 4 rings (SSSR count). The molecule has 0 spiro atoms. The zero-order chi connectivity index (χ0) is 22.3. The number of hydrogen-bond donors (Lipinski definition) is 2. The Labute approximate surface area is 189 Å². The number of aromatic nitrogens is 1. The molecular formula is C23H22ClN3O3S. The Kier molecular flexibility index (Phi) is 5.64. The fourth-order valence-electron chi connectivity index (χ4n) is 3.49. The molecule has 6 nitrogen and oxygen atoms in total. The van der Waals surface area contributed by atoms with E-state index in [4.69, 9.17) is 31.5 Å². The van der Waals surface area contributed by atoms with Crippen LogP contribution in [0.1, 0.15) is 16.1 Å². The normalized spacial score (nSPS) is 13.8. The highest BCUT2D eigenvalue weighted by Gasteiger charge is 2.33. The first-order chi connectivity index (χ1) is 14.8. The summed E-state index contributed by atoms with van der Waals surface area (Å²) in [6, 6.07) is 9.54. The first-order valence-electron chi connectivity index (χ1n) is 9.57. The summed E-state index contributed by atoms with van der Waals surface area (Å²) in [7, 11) is 3.06. The number of aliphatic hydroxyl groups excluding tert-OH is 1. The Morgan fingerprint density at radius 2 is 1.84 bits per heavy atom. The minimum absolute atomic E-state index is 0.0851. The summed E-state index contributed by atoms with van der Waals surface area (Å²) in [6.45, 7) is 4.27. The van der Waals surface area contributed by atoms with Gasteiger partial charge in [0.05, 0.1) is 42.7 Å². The Morgan fingerprint density at radius 1 is 1.10 bits per heavy atom. The van der Waals surface area contributed by atoms with Crippen LogP contribution in [0.3, 0.4) is 0 Å². The van der Waals surface area contributed by atoms with Gasteiger partial charge in [-0.1, -0.05) is 23.7 Å². The zero-order valence-corrected chi connectivity index (χ0v) is 19.2. The Hall–Kier alpha value is -3.03. The van der Waals surface area contributed by atoms with Crippen LogP contribution in [-0.4, -0.2) is 36.7 Å². The third-order valence-electron chi connectivity index (χ3n) is 5.37. The minimum Gasteiger partial charge on any atom is -0.510 e. The second kappa shape index (κ2) is 8.24. The lowest BCUT2D eigenvalue weighted by Gasteiger charge is -2.22. The van der Waals surface area contributed by atoms with Gasteiger partial charge in [0.25, 0.3) is 0 Å². The van der Waals surface area contributed by atoms with Gasteiger partial charge >= 0.3 is 0 Å². The summed E-state index contributed by atoms with van der Waals surface area (Å²) < 4.78 is 10.8. The molecule has 2 N–H and O–H groups in total. The van der Waals surface area contributed by atoms with E-state index in [2.05, 4.69) is 26.0 Å². The number of hydrogen-bond acceptors (Lipinski definition) is 6. The number of aliphatic hydroxyl groups is 1. The summed E-state index contributed by atoms with van der Waals surface area (Å²) >= 11 is 7.62. The van der Waals surface area contributed by atoms with Gasteiger partial charge in [-0.2, -0.15) is 0 Å². The van der Waals surface area contributed by atoms with Crippen LogP contribution in [0.25, 0.3) is 16.8 Å². The number of nitrogens with one attached hydrogen (secondary N) is 1. The molecule has 0 saturated carbocycles. The smallest absolute Gasteiger partial charge is 0.144 e. The van der Waals surface area contributed by atoms with Crippen molar-refractivity contribution in [2.45, 2.75) is 13.8 Å². The van der Waals surface area contributed by atoms with E-state index < -0.39 is 0 Å². The van der Waals surface area contributed by atoms with Crippen molar-refractivity contribution in [3.63, 3.8) is 0 Å².